The summed E-state index contributed by atoms with van der Waals surface area (Å²) in [7, 11) is -1.39. The van der Waals surface area contributed by atoms with Gasteiger partial charge in [-0.3, -0.25) is 0 Å². The van der Waals surface area contributed by atoms with Crippen LogP contribution in [-0.4, -0.2) is 13.2 Å². The van der Waals surface area contributed by atoms with Crippen LogP contribution in [0, 0.1) is 0 Å². The highest BCUT2D eigenvalue weighted by atomic mass is 32.2. The number of rotatable bonds is 1. The zero-order chi connectivity index (χ0) is 13.6. The van der Waals surface area contributed by atoms with Crippen molar-refractivity contribution in [1.82, 2.24) is 0 Å². The van der Waals surface area contributed by atoms with E-state index in [0.717, 1.165) is 10.9 Å². The molecule has 0 aliphatic heterocycles. The third-order valence-electron chi connectivity index (χ3n) is 3.08. The summed E-state index contributed by atoms with van der Waals surface area (Å²) >= 11 is 0. The third-order valence-corrected chi connectivity index (χ3v) is 5.57. The number of fused-ring (bicyclic) bond motifs is 1. The van der Waals surface area contributed by atoms with Gasteiger partial charge < -0.3 is 0 Å². The van der Waals surface area contributed by atoms with Gasteiger partial charge in [0.15, 0.2) is 16.0 Å². The topological polar surface area (TPSA) is 38.0 Å². The van der Waals surface area contributed by atoms with Crippen LogP contribution in [0.25, 0.3) is 10.9 Å². The highest BCUT2D eigenvalue weighted by molar-refractivity contribution is 7.92. The summed E-state index contributed by atoms with van der Waals surface area (Å²) in [5, 5.41) is 1.04. The molecule has 0 aliphatic rings. The Kier molecular flexibility index (Phi) is 2.93. The van der Waals surface area contributed by atoms with Gasteiger partial charge >= 0.3 is 0 Å². The van der Waals surface area contributed by atoms with Crippen molar-refractivity contribution in [3.8, 4) is 0 Å². The number of pyridine rings is 1. The Hall–Kier alpha value is -1.42. The van der Waals surface area contributed by atoms with Crippen molar-refractivity contribution in [2.75, 3.05) is 0 Å². The lowest BCUT2D eigenvalue weighted by Gasteiger charge is -2.19. The van der Waals surface area contributed by atoms with Crippen molar-refractivity contribution < 1.29 is 13.0 Å². The van der Waals surface area contributed by atoms with Gasteiger partial charge in [-0.2, -0.15) is 0 Å². The molecule has 1 aromatic carbocycles. The fourth-order valence-corrected chi connectivity index (χ4v) is 3.07. The molecule has 4 heteroatoms. The second-order valence-electron chi connectivity index (χ2n) is 5.46. The lowest BCUT2D eigenvalue weighted by atomic mass is 10.2. The van der Waals surface area contributed by atoms with Crippen LogP contribution in [0.3, 0.4) is 0 Å². The summed E-state index contributed by atoms with van der Waals surface area (Å²) in [6.45, 7) is 5.16. The van der Waals surface area contributed by atoms with Gasteiger partial charge in [-0.05, 0) is 39.0 Å². The second kappa shape index (κ2) is 4.05. The predicted molar refractivity (Wildman–Crippen MR) is 72.1 cm³/mol. The zero-order valence-corrected chi connectivity index (χ0v) is 12.0. The Morgan fingerprint density at radius 3 is 2.39 bits per heavy atom. The van der Waals surface area contributed by atoms with E-state index >= 15 is 0 Å². The lowest BCUT2D eigenvalue weighted by Crippen LogP contribution is -2.30. The van der Waals surface area contributed by atoms with Gasteiger partial charge in [0.1, 0.15) is 7.05 Å². The van der Waals surface area contributed by atoms with E-state index in [1.165, 1.54) is 0 Å². The average Bonchev–Trinajstić information content (AvgIpc) is 2.27. The minimum atomic E-state index is -3.30. The van der Waals surface area contributed by atoms with Crippen molar-refractivity contribution >= 4 is 20.7 Å². The van der Waals surface area contributed by atoms with Crippen LogP contribution in [0.5, 0.6) is 0 Å². The van der Waals surface area contributed by atoms with Crippen LogP contribution < -0.4 is 4.57 Å². The molecule has 0 unspecified atom stereocenters. The van der Waals surface area contributed by atoms with Crippen LogP contribution in [0.1, 0.15) is 20.8 Å². The first-order valence-corrected chi connectivity index (χ1v) is 7.35. The number of nitrogens with zero attached hydrogens (tertiary/aromatic N) is 1. The smallest absolute Gasteiger partial charge is 0.213 e. The molecule has 0 saturated heterocycles. The summed E-state index contributed by atoms with van der Waals surface area (Å²) in [6.07, 6.45) is 1.91. The van der Waals surface area contributed by atoms with Crippen molar-refractivity contribution in [2.45, 2.75) is 30.4 Å². The summed E-state index contributed by atoms with van der Waals surface area (Å²) in [4.78, 5) is 0.379. The molecular formula is C14H18NO2S+. The van der Waals surface area contributed by atoms with E-state index in [4.69, 9.17) is 0 Å². The maximum Gasteiger partial charge on any atom is 0.213 e. The van der Waals surface area contributed by atoms with Crippen LogP contribution in [-0.2, 0) is 16.9 Å². The van der Waals surface area contributed by atoms with E-state index in [9.17, 15) is 8.42 Å². The fraction of sp³-hybridized carbons (Fsp3) is 0.357. The van der Waals surface area contributed by atoms with E-state index in [-0.39, 0.29) is 0 Å². The molecule has 3 nitrogen and oxygen atoms in total. The van der Waals surface area contributed by atoms with Crippen molar-refractivity contribution in [3.05, 3.63) is 36.5 Å². The second-order valence-corrected chi connectivity index (χ2v) is 8.16. The molecule has 1 aromatic heterocycles. The Morgan fingerprint density at radius 2 is 1.78 bits per heavy atom. The molecule has 0 fully saturated rings. The molecule has 0 bridgehead atoms. The minimum absolute atomic E-state index is 0.379. The molecule has 1 heterocycles. The van der Waals surface area contributed by atoms with Crippen LogP contribution in [0.15, 0.2) is 41.4 Å². The number of hydrogen-bond donors (Lipinski definition) is 0. The first kappa shape index (κ1) is 13.0. The van der Waals surface area contributed by atoms with Gasteiger partial charge in [-0.1, -0.05) is 0 Å². The molecule has 0 aliphatic carbocycles. The zero-order valence-electron chi connectivity index (χ0n) is 11.1. The highest BCUT2D eigenvalue weighted by Crippen LogP contribution is 2.26. The Labute approximate surface area is 108 Å². The van der Waals surface area contributed by atoms with Gasteiger partial charge in [0.05, 0.1) is 9.64 Å². The van der Waals surface area contributed by atoms with Crippen molar-refractivity contribution in [1.29, 1.82) is 0 Å². The van der Waals surface area contributed by atoms with Gasteiger partial charge in [-0.25, -0.2) is 13.0 Å². The monoisotopic (exact) mass is 264 g/mol. The minimum Gasteiger partial charge on any atom is -0.223 e. The molecular weight excluding hydrogens is 246 g/mol. The SMILES string of the molecule is C[n+]1cccc2ccc(S(=O)(=O)C(C)(C)C)cc21. The maximum absolute atomic E-state index is 12.4. The molecule has 96 valence electrons. The summed E-state index contributed by atoms with van der Waals surface area (Å²) in [5.41, 5.74) is 0.919. The normalized spacial score (nSPS) is 12.9. The van der Waals surface area contributed by atoms with Gasteiger partial charge in [0, 0.05) is 17.5 Å². The average molecular weight is 264 g/mol. The fourth-order valence-electron chi connectivity index (χ4n) is 1.85. The van der Waals surface area contributed by atoms with E-state index < -0.39 is 14.6 Å². The molecule has 0 radical (unpaired) electrons. The maximum atomic E-state index is 12.4. The summed E-state index contributed by atoms with van der Waals surface area (Å²) in [6, 6.07) is 9.20. The first-order chi connectivity index (χ1) is 8.23. The number of benzene rings is 1. The Balaban J connectivity index is 2.72. The molecule has 0 N–H and O–H groups in total. The molecule has 18 heavy (non-hydrogen) atoms. The van der Waals surface area contributed by atoms with Gasteiger partial charge in [0.25, 0.3) is 0 Å². The van der Waals surface area contributed by atoms with Crippen LogP contribution in [0.2, 0.25) is 0 Å². The Morgan fingerprint density at radius 1 is 1.11 bits per heavy atom. The number of sulfone groups is 1. The third kappa shape index (κ3) is 2.01. The van der Waals surface area contributed by atoms with E-state index in [2.05, 4.69) is 0 Å². The molecule has 0 spiro atoms. The molecule has 0 amide bonds. The largest absolute Gasteiger partial charge is 0.223 e. The predicted octanol–water partition coefficient (Wildman–Crippen LogP) is 2.24. The Bertz CT molecular complexity index is 697. The quantitative estimate of drug-likeness (QED) is 0.741. The molecule has 0 saturated carbocycles. The molecule has 2 rings (SSSR count). The van der Waals surface area contributed by atoms with Gasteiger partial charge in [0.2, 0.25) is 5.52 Å². The number of aryl methyl sites for hydroxylation is 1. The van der Waals surface area contributed by atoms with Crippen molar-refractivity contribution in [3.63, 3.8) is 0 Å². The summed E-state index contributed by atoms with van der Waals surface area (Å²) in [5.74, 6) is 0. The molecule has 2 aromatic rings. The highest BCUT2D eigenvalue weighted by Gasteiger charge is 2.31. The number of aromatic nitrogens is 1. The standard InChI is InChI=1S/C14H18NO2S/c1-14(2,3)18(16,17)12-8-7-11-6-5-9-15(4)13(11)10-12/h5-10H,1-4H3/q+1. The first-order valence-electron chi connectivity index (χ1n) is 5.86. The van der Waals surface area contributed by atoms with Gasteiger partial charge in [-0.15, -0.1) is 0 Å². The van der Waals surface area contributed by atoms with E-state index in [1.807, 2.05) is 36.0 Å². The van der Waals surface area contributed by atoms with Crippen molar-refractivity contribution in [2.24, 2.45) is 7.05 Å². The van der Waals surface area contributed by atoms with Crippen LogP contribution >= 0.6 is 0 Å². The number of hydrogen-bond acceptors (Lipinski definition) is 2. The lowest BCUT2D eigenvalue weighted by molar-refractivity contribution is -0.645. The van der Waals surface area contributed by atoms with Crippen LogP contribution in [0.4, 0.5) is 0 Å². The molecule has 0 atom stereocenters. The van der Waals surface area contributed by atoms with E-state index in [1.54, 1.807) is 32.9 Å². The van der Waals surface area contributed by atoms with E-state index in [0.29, 0.717) is 4.90 Å². The summed E-state index contributed by atoms with van der Waals surface area (Å²) < 4.78 is 25.9.